The van der Waals surface area contributed by atoms with Gasteiger partial charge in [0.15, 0.2) is 0 Å². The molecule has 1 N–H and O–H groups in total. The standard InChI is InChI=1S/C11H13FO3/c1-3-11(12,10(13)14)8-6-4-5-7-9(8)15-2/h4-7H,3H2,1-2H3,(H,13,14). The van der Waals surface area contributed by atoms with E-state index in [1.807, 2.05) is 0 Å². The van der Waals surface area contributed by atoms with Crippen molar-refractivity contribution in [3.8, 4) is 5.75 Å². The highest BCUT2D eigenvalue weighted by molar-refractivity contribution is 5.80. The van der Waals surface area contributed by atoms with Crippen molar-refractivity contribution >= 4 is 5.97 Å². The van der Waals surface area contributed by atoms with Crippen LogP contribution in [0.4, 0.5) is 4.39 Å². The number of carbonyl (C=O) groups is 1. The number of carboxylic acid groups (broad SMARTS) is 1. The number of carboxylic acids is 1. The van der Waals surface area contributed by atoms with Crippen molar-refractivity contribution in [2.24, 2.45) is 0 Å². The summed E-state index contributed by atoms with van der Waals surface area (Å²) in [5.41, 5.74) is -2.32. The molecule has 0 radical (unpaired) electrons. The minimum Gasteiger partial charge on any atom is -0.496 e. The smallest absolute Gasteiger partial charge is 0.346 e. The lowest BCUT2D eigenvalue weighted by Crippen LogP contribution is -2.30. The van der Waals surface area contributed by atoms with E-state index in [0.29, 0.717) is 0 Å². The van der Waals surface area contributed by atoms with Gasteiger partial charge in [-0.15, -0.1) is 0 Å². The maximum atomic E-state index is 14.1. The first-order chi connectivity index (χ1) is 7.06. The Morgan fingerprint density at radius 3 is 2.60 bits per heavy atom. The first kappa shape index (κ1) is 11.5. The Balaban J connectivity index is 3.29. The molecule has 0 saturated carbocycles. The third-order valence-corrected chi connectivity index (χ3v) is 2.36. The number of rotatable bonds is 4. The predicted molar refractivity (Wildman–Crippen MR) is 53.7 cm³/mol. The minimum atomic E-state index is -2.38. The largest absolute Gasteiger partial charge is 0.496 e. The number of para-hydroxylation sites is 1. The van der Waals surface area contributed by atoms with Gasteiger partial charge in [-0.05, 0) is 12.5 Å². The van der Waals surface area contributed by atoms with Crippen molar-refractivity contribution in [3.05, 3.63) is 29.8 Å². The molecule has 0 amide bonds. The van der Waals surface area contributed by atoms with Crippen LogP contribution in [-0.2, 0) is 10.5 Å². The van der Waals surface area contributed by atoms with Gasteiger partial charge in [-0.2, -0.15) is 0 Å². The van der Waals surface area contributed by atoms with Crippen LogP contribution in [-0.4, -0.2) is 18.2 Å². The monoisotopic (exact) mass is 212 g/mol. The average molecular weight is 212 g/mol. The maximum Gasteiger partial charge on any atom is 0.346 e. The number of benzene rings is 1. The molecule has 4 heteroatoms. The topological polar surface area (TPSA) is 46.5 Å². The van der Waals surface area contributed by atoms with Gasteiger partial charge in [0.1, 0.15) is 5.75 Å². The van der Waals surface area contributed by atoms with Crippen LogP contribution >= 0.6 is 0 Å². The first-order valence-corrected chi connectivity index (χ1v) is 4.62. The van der Waals surface area contributed by atoms with Crippen LogP contribution in [0.5, 0.6) is 5.75 Å². The molecule has 0 bridgehead atoms. The van der Waals surface area contributed by atoms with Gasteiger partial charge in [0, 0.05) is 5.56 Å². The van der Waals surface area contributed by atoms with Gasteiger partial charge in [0.05, 0.1) is 7.11 Å². The van der Waals surface area contributed by atoms with Gasteiger partial charge in [-0.1, -0.05) is 25.1 Å². The molecule has 0 aliphatic heterocycles. The number of alkyl halides is 1. The molecule has 3 nitrogen and oxygen atoms in total. The second-order valence-corrected chi connectivity index (χ2v) is 3.16. The summed E-state index contributed by atoms with van der Waals surface area (Å²) in [6.07, 6.45) is -0.136. The van der Waals surface area contributed by atoms with Gasteiger partial charge in [-0.25, -0.2) is 9.18 Å². The van der Waals surface area contributed by atoms with Crippen LogP contribution in [0.25, 0.3) is 0 Å². The summed E-state index contributed by atoms with van der Waals surface area (Å²) in [6, 6.07) is 6.23. The van der Waals surface area contributed by atoms with Gasteiger partial charge in [0.2, 0.25) is 5.67 Å². The highest BCUT2D eigenvalue weighted by atomic mass is 19.1. The molecule has 0 aromatic heterocycles. The SMILES string of the molecule is CCC(F)(C(=O)O)c1ccccc1OC. The van der Waals surface area contributed by atoms with Gasteiger partial charge in [-0.3, -0.25) is 0 Å². The van der Waals surface area contributed by atoms with Crippen molar-refractivity contribution in [2.75, 3.05) is 7.11 Å². The van der Waals surface area contributed by atoms with E-state index in [-0.39, 0.29) is 17.7 Å². The Kier molecular flexibility index (Phi) is 3.29. The van der Waals surface area contributed by atoms with E-state index in [9.17, 15) is 9.18 Å². The van der Waals surface area contributed by atoms with Crippen LogP contribution < -0.4 is 4.74 Å². The summed E-state index contributed by atoms with van der Waals surface area (Å²) in [5, 5.41) is 8.88. The summed E-state index contributed by atoms with van der Waals surface area (Å²) >= 11 is 0. The lowest BCUT2D eigenvalue weighted by Gasteiger charge is -2.21. The summed E-state index contributed by atoms with van der Waals surface area (Å²) in [5.74, 6) is -1.24. The fourth-order valence-corrected chi connectivity index (χ4v) is 1.43. The van der Waals surface area contributed by atoms with Crippen molar-refractivity contribution in [2.45, 2.75) is 19.0 Å². The second-order valence-electron chi connectivity index (χ2n) is 3.16. The molecule has 1 unspecified atom stereocenters. The van der Waals surface area contributed by atoms with E-state index in [2.05, 4.69) is 0 Å². The van der Waals surface area contributed by atoms with Crippen molar-refractivity contribution < 1.29 is 19.0 Å². The first-order valence-electron chi connectivity index (χ1n) is 4.62. The third kappa shape index (κ3) is 1.93. The normalized spacial score (nSPS) is 14.3. The zero-order valence-electron chi connectivity index (χ0n) is 8.66. The molecule has 0 fully saturated rings. The van der Waals surface area contributed by atoms with Gasteiger partial charge < -0.3 is 9.84 Å². The van der Waals surface area contributed by atoms with E-state index in [0.717, 1.165) is 0 Å². The van der Waals surface area contributed by atoms with E-state index >= 15 is 0 Å². The van der Waals surface area contributed by atoms with E-state index < -0.39 is 11.6 Å². The molecule has 0 heterocycles. The highest BCUT2D eigenvalue weighted by Gasteiger charge is 2.41. The van der Waals surface area contributed by atoms with Crippen LogP contribution in [0.1, 0.15) is 18.9 Å². The fourth-order valence-electron chi connectivity index (χ4n) is 1.43. The molecule has 15 heavy (non-hydrogen) atoms. The van der Waals surface area contributed by atoms with Gasteiger partial charge in [0.25, 0.3) is 0 Å². The summed E-state index contributed by atoms with van der Waals surface area (Å²) in [6.45, 7) is 1.49. The molecule has 0 aliphatic carbocycles. The molecule has 1 atom stereocenters. The summed E-state index contributed by atoms with van der Waals surface area (Å²) in [4.78, 5) is 10.9. The average Bonchev–Trinajstić information content (AvgIpc) is 2.27. The minimum absolute atomic E-state index is 0.0579. The molecule has 1 aromatic rings. The molecule has 1 aromatic carbocycles. The van der Waals surface area contributed by atoms with Crippen LogP contribution in [0.3, 0.4) is 0 Å². The zero-order chi connectivity index (χ0) is 11.5. The quantitative estimate of drug-likeness (QED) is 0.833. The molecular formula is C11H13FO3. The van der Waals surface area contributed by atoms with E-state index in [4.69, 9.17) is 9.84 Å². The van der Waals surface area contributed by atoms with Crippen LogP contribution in [0.2, 0.25) is 0 Å². The Morgan fingerprint density at radius 2 is 2.13 bits per heavy atom. The van der Waals surface area contributed by atoms with Gasteiger partial charge >= 0.3 is 5.97 Å². The van der Waals surface area contributed by atoms with Crippen molar-refractivity contribution in [1.29, 1.82) is 0 Å². The van der Waals surface area contributed by atoms with Crippen LogP contribution in [0.15, 0.2) is 24.3 Å². The lowest BCUT2D eigenvalue weighted by atomic mass is 9.92. The van der Waals surface area contributed by atoms with Crippen molar-refractivity contribution in [3.63, 3.8) is 0 Å². The Labute approximate surface area is 87.5 Å². The Morgan fingerprint density at radius 1 is 1.53 bits per heavy atom. The lowest BCUT2D eigenvalue weighted by molar-refractivity contribution is -0.152. The van der Waals surface area contributed by atoms with E-state index in [1.165, 1.54) is 20.1 Å². The van der Waals surface area contributed by atoms with Crippen LogP contribution in [0, 0.1) is 0 Å². The number of halogens is 1. The van der Waals surface area contributed by atoms with Crippen molar-refractivity contribution in [1.82, 2.24) is 0 Å². The molecular weight excluding hydrogens is 199 g/mol. The number of ether oxygens (including phenoxy) is 1. The maximum absolute atomic E-state index is 14.1. The zero-order valence-corrected chi connectivity index (χ0v) is 8.66. The summed E-state index contributed by atoms with van der Waals surface area (Å²) in [7, 11) is 1.39. The molecule has 0 spiro atoms. The fraction of sp³-hybridized carbons (Fsp3) is 0.364. The number of hydrogen-bond acceptors (Lipinski definition) is 2. The second kappa shape index (κ2) is 4.29. The molecule has 0 saturated heterocycles. The number of methoxy groups -OCH3 is 1. The highest BCUT2D eigenvalue weighted by Crippen LogP contribution is 2.36. The van der Waals surface area contributed by atoms with E-state index in [1.54, 1.807) is 18.2 Å². The molecule has 1 rings (SSSR count). The Hall–Kier alpha value is -1.58. The molecule has 82 valence electrons. The molecule has 0 aliphatic rings. The Bertz CT molecular complexity index is 365. The third-order valence-electron chi connectivity index (χ3n) is 2.36. The summed E-state index contributed by atoms with van der Waals surface area (Å²) < 4.78 is 19.1. The number of hydrogen-bond donors (Lipinski definition) is 1. The predicted octanol–water partition coefficient (Wildman–Crippen LogP) is 2.35. The number of aliphatic carboxylic acids is 1.